The number of carbonyl (C=O) groups is 2. The molecule has 1 saturated heterocycles. The van der Waals surface area contributed by atoms with Crippen LogP contribution in [0.4, 0.5) is 0 Å². The summed E-state index contributed by atoms with van der Waals surface area (Å²) in [5, 5.41) is 0.648. The summed E-state index contributed by atoms with van der Waals surface area (Å²) in [6.45, 7) is -0.230. The number of amides is 2. The fourth-order valence-electron chi connectivity index (χ4n) is 1.94. The van der Waals surface area contributed by atoms with Gasteiger partial charge >= 0.3 is 0 Å². The van der Waals surface area contributed by atoms with Gasteiger partial charge in [0.05, 0.1) is 12.0 Å². The van der Waals surface area contributed by atoms with Crippen molar-refractivity contribution in [2.24, 2.45) is 10.7 Å². The van der Waals surface area contributed by atoms with Crippen LogP contribution in [0.2, 0.25) is 0 Å². The Kier molecular flexibility index (Phi) is 5.28. The zero-order chi connectivity index (χ0) is 17.0. The van der Waals surface area contributed by atoms with Crippen LogP contribution in [0, 0.1) is 0 Å². The second-order valence-corrected chi connectivity index (χ2v) is 5.66. The molecule has 122 valence electrons. The van der Waals surface area contributed by atoms with Crippen molar-refractivity contribution in [3.8, 4) is 11.5 Å². The minimum atomic E-state index is -0.569. The molecule has 0 radical (unpaired) electrons. The van der Waals surface area contributed by atoms with Crippen LogP contribution in [-0.2, 0) is 9.59 Å². The number of primary amides is 1. The van der Waals surface area contributed by atoms with Crippen molar-refractivity contribution >= 4 is 34.8 Å². The molecule has 0 spiro atoms. The van der Waals surface area contributed by atoms with Gasteiger partial charge in [0, 0.05) is 14.1 Å². The van der Waals surface area contributed by atoms with Crippen molar-refractivity contribution in [1.82, 2.24) is 4.90 Å². The third-order valence-corrected chi connectivity index (χ3v) is 4.20. The van der Waals surface area contributed by atoms with Crippen molar-refractivity contribution < 1.29 is 19.1 Å². The molecule has 1 heterocycles. The quantitative estimate of drug-likeness (QED) is 0.813. The number of likely N-dealkylation sites (N-methyl/N-ethyl adjacent to an activating group) is 1. The Morgan fingerprint density at radius 1 is 1.43 bits per heavy atom. The number of amidine groups is 1. The van der Waals surface area contributed by atoms with E-state index in [-0.39, 0.29) is 12.5 Å². The maximum atomic E-state index is 12.1. The smallest absolute Gasteiger partial charge is 0.266 e. The topological polar surface area (TPSA) is 94.2 Å². The summed E-state index contributed by atoms with van der Waals surface area (Å²) < 4.78 is 10.5. The molecule has 1 aromatic rings. The molecule has 2 amide bonds. The summed E-state index contributed by atoms with van der Waals surface area (Å²) in [5.74, 6) is 0.185. The van der Waals surface area contributed by atoms with E-state index in [1.807, 2.05) is 0 Å². The highest BCUT2D eigenvalue weighted by Crippen LogP contribution is 2.33. The zero-order valence-electron chi connectivity index (χ0n) is 13.0. The SMILES string of the molecule is CN=C1S/C(=C/c2ccc(OCC(N)=O)c(OC)c2)C(=O)N1C. The van der Waals surface area contributed by atoms with Gasteiger partial charge in [-0.2, -0.15) is 0 Å². The number of benzene rings is 1. The summed E-state index contributed by atoms with van der Waals surface area (Å²) in [4.78, 5) is 29.0. The van der Waals surface area contributed by atoms with Crippen LogP contribution in [0.5, 0.6) is 11.5 Å². The summed E-state index contributed by atoms with van der Waals surface area (Å²) in [7, 11) is 4.82. The fourth-order valence-corrected chi connectivity index (χ4v) is 2.87. The molecular formula is C15H17N3O4S. The summed E-state index contributed by atoms with van der Waals surface area (Å²) >= 11 is 1.31. The highest BCUT2D eigenvalue weighted by Gasteiger charge is 2.29. The average Bonchev–Trinajstić information content (AvgIpc) is 2.81. The van der Waals surface area contributed by atoms with Crippen LogP contribution in [0.1, 0.15) is 5.56 Å². The van der Waals surface area contributed by atoms with Gasteiger partial charge in [0.1, 0.15) is 0 Å². The molecule has 0 saturated carbocycles. The number of rotatable bonds is 5. The molecule has 1 fully saturated rings. The van der Waals surface area contributed by atoms with Gasteiger partial charge in [-0.3, -0.25) is 19.5 Å². The van der Waals surface area contributed by atoms with Crippen LogP contribution in [0.3, 0.4) is 0 Å². The molecule has 1 aliphatic heterocycles. The first kappa shape index (κ1) is 16.9. The van der Waals surface area contributed by atoms with E-state index in [0.717, 1.165) is 5.56 Å². The number of carbonyl (C=O) groups excluding carboxylic acids is 2. The first-order valence-electron chi connectivity index (χ1n) is 6.69. The maximum absolute atomic E-state index is 12.1. The third kappa shape index (κ3) is 3.84. The van der Waals surface area contributed by atoms with Gasteiger partial charge in [-0.25, -0.2) is 0 Å². The van der Waals surface area contributed by atoms with Crippen molar-refractivity contribution in [3.05, 3.63) is 28.7 Å². The standard InChI is InChI=1S/C15H17N3O4S/c1-17-15-18(2)14(20)12(23-15)7-9-4-5-10(11(6-9)21-3)22-8-13(16)19/h4-7H,8H2,1-3H3,(H2,16,19)/b12-7+,17-15?. The number of nitrogens with zero attached hydrogens (tertiary/aromatic N) is 2. The second-order valence-electron chi connectivity index (χ2n) is 4.65. The molecule has 8 heteroatoms. The van der Waals surface area contributed by atoms with Gasteiger partial charge in [-0.1, -0.05) is 6.07 Å². The Balaban J connectivity index is 2.26. The van der Waals surface area contributed by atoms with E-state index in [0.29, 0.717) is 21.6 Å². The summed E-state index contributed by atoms with van der Waals surface area (Å²) in [5.41, 5.74) is 5.83. The lowest BCUT2D eigenvalue weighted by atomic mass is 10.2. The molecule has 1 aromatic carbocycles. The van der Waals surface area contributed by atoms with Crippen molar-refractivity contribution in [1.29, 1.82) is 0 Å². The van der Waals surface area contributed by atoms with Crippen molar-refractivity contribution in [2.75, 3.05) is 27.8 Å². The van der Waals surface area contributed by atoms with Crippen LogP contribution in [0.25, 0.3) is 6.08 Å². The largest absolute Gasteiger partial charge is 0.493 e. The van der Waals surface area contributed by atoms with E-state index in [1.165, 1.54) is 23.8 Å². The van der Waals surface area contributed by atoms with Crippen LogP contribution in [0.15, 0.2) is 28.1 Å². The Bertz CT molecular complexity index is 700. The first-order chi connectivity index (χ1) is 11.0. The van der Waals surface area contributed by atoms with Gasteiger partial charge in [-0.15, -0.1) is 0 Å². The minimum Gasteiger partial charge on any atom is -0.493 e. The van der Waals surface area contributed by atoms with E-state index < -0.39 is 5.91 Å². The van der Waals surface area contributed by atoms with E-state index in [2.05, 4.69) is 4.99 Å². The number of nitrogens with two attached hydrogens (primary N) is 1. The van der Waals surface area contributed by atoms with Crippen LogP contribution >= 0.6 is 11.8 Å². The predicted molar refractivity (Wildman–Crippen MR) is 89.4 cm³/mol. The monoisotopic (exact) mass is 335 g/mol. The summed E-state index contributed by atoms with van der Waals surface area (Å²) in [6.07, 6.45) is 1.75. The van der Waals surface area contributed by atoms with Crippen LogP contribution < -0.4 is 15.2 Å². The number of hydrogen-bond acceptors (Lipinski definition) is 6. The molecular weight excluding hydrogens is 318 g/mol. The molecule has 7 nitrogen and oxygen atoms in total. The highest BCUT2D eigenvalue weighted by molar-refractivity contribution is 8.18. The number of aliphatic imine (C=N–C) groups is 1. The number of methoxy groups -OCH3 is 1. The fraction of sp³-hybridized carbons (Fsp3) is 0.267. The van der Waals surface area contributed by atoms with Gasteiger partial charge in [0.15, 0.2) is 23.3 Å². The van der Waals surface area contributed by atoms with E-state index in [9.17, 15) is 9.59 Å². The Morgan fingerprint density at radius 3 is 2.74 bits per heavy atom. The molecule has 23 heavy (non-hydrogen) atoms. The molecule has 0 aromatic heterocycles. The Morgan fingerprint density at radius 2 is 2.17 bits per heavy atom. The predicted octanol–water partition coefficient (Wildman–Crippen LogP) is 1.09. The lowest BCUT2D eigenvalue weighted by Gasteiger charge is -2.10. The van der Waals surface area contributed by atoms with Gasteiger partial charge in [0.25, 0.3) is 11.8 Å². The average molecular weight is 335 g/mol. The molecule has 0 atom stereocenters. The molecule has 2 N–H and O–H groups in total. The van der Waals surface area contributed by atoms with Gasteiger partial charge < -0.3 is 15.2 Å². The zero-order valence-corrected chi connectivity index (χ0v) is 13.8. The second kappa shape index (κ2) is 7.19. The molecule has 0 bridgehead atoms. The maximum Gasteiger partial charge on any atom is 0.266 e. The Hall–Kier alpha value is -2.48. The minimum absolute atomic E-state index is 0.108. The normalized spacial score (nSPS) is 17.9. The first-order valence-corrected chi connectivity index (χ1v) is 7.51. The molecule has 0 aliphatic carbocycles. The summed E-state index contributed by atoms with van der Waals surface area (Å²) in [6, 6.07) is 5.15. The Labute approximate surface area is 138 Å². The van der Waals surface area contributed by atoms with E-state index in [1.54, 1.807) is 38.4 Å². The van der Waals surface area contributed by atoms with Gasteiger partial charge in [0.2, 0.25) is 0 Å². The van der Waals surface area contributed by atoms with Gasteiger partial charge in [-0.05, 0) is 35.5 Å². The van der Waals surface area contributed by atoms with Crippen LogP contribution in [-0.4, -0.2) is 49.7 Å². The third-order valence-electron chi connectivity index (χ3n) is 3.05. The lowest BCUT2D eigenvalue weighted by Crippen LogP contribution is -2.23. The number of thioether (sulfide) groups is 1. The van der Waals surface area contributed by atoms with Crippen molar-refractivity contribution in [2.45, 2.75) is 0 Å². The number of hydrogen-bond donors (Lipinski definition) is 1. The molecule has 0 unspecified atom stereocenters. The molecule has 1 aliphatic rings. The lowest BCUT2D eigenvalue weighted by molar-refractivity contribution is -0.121. The van der Waals surface area contributed by atoms with E-state index >= 15 is 0 Å². The molecule has 2 rings (SSSR count). The van der Waals surface area contributed by atoms with Crippen molar-refractivity contribution in [3.63, 3.8) is 0 Å². The van der Waals surface area contributed by atoms with E-state index in [4.69, 9.17) is 15.2 Å². The number of ether oxygens (including phenoxy) is 2. The highest BCUT2D eigenvalue weighted by atomic mass is 32.2.